The lowest BCUT2D eigenvalue weighted by Gasteiger charge is -2.23. The number of nitrogens with one attached hydrogen (secondary N) is 1. The summed E-state index contributed by atoms with van der Waals surface area (Å²) < 4.78 is 6.91. The molecule has 0 aromatic carbocycles. The van der Waals surface area contributed by atoms with Crippen LogP contribution >= 0.6 is 11.6 Å². The van der Waals surface area contributed by atoms with Crippen molar-refractivity contribution >= 4 is 11.6 Å². The van der Waals surface area contributed by atoms with Crippen LogP contribution in [0.1, 0.15) is 38.6 Å². The van der Waals surface area contributed by atoms with E-state index in [9.17, 15) is 5.11 Å². The van der Waals surface area contributed by atoms with Crippen molar-refractivity contribution in [3.8, 4) is 0 Å². The maximum atomic E-state index is 10.2. The lowest BCUT2D eigenvalue weighted by atomic mass is 10.0. The fourth-order valence-corrected chi connectivity index (χ4v) is 2.38. The molecule has 1 atom stereocenters. The maximum absolute atomic E-state index is 10.2. The monoisotopic (exact) mass is 303 g/mol. The van der Waals surface area contributed by atoms with Crippen molar-refractivity contribution in [3.05, 3.63) is 16.4 Å². The van der Waals surface area contributed by atoms with E-state index in [2.05, 4.69) is 10.4 Å². The number of aryl methyl sites for hydroxylation is 2. The van der Waals surface area contributed by atoms with E-state index in [1.807, 2.05) is 18.5 Å². The lowest BCUT2D eigenvalue weighted by molar-refractivity contribution is 0.0246. The Balaban J connectivity index is 2.59. The smallest absolute Gasteiger partial charge is 0.0863 e. The number of ether oxygens (including phenoxy) is 1. The van der Waals surface area contributed by atoms with Gasteiger partial charge in [0.15, 0.2) is 0 Å². The van der Waals surface area contributed by atoms with Crippen LogP contribution in [0, 0.1) is 0 Å². The van der Waals surface area contributed by atoms with E-state index in [-0.39, 0.29) is 0 Å². The third-order valence-corrected chi connectivity index (χ3v) is 3.77. The number of halogens is 1. The molecule has 0 amide bonds. The fraction of sp³-hybridized carbons (Fsp3) is 0.786. The predicted molar refractivity (Wildman–Crippen MR) is 81.1 cm³/mol. The average Bonchev–Trinajstić information content (AvgIpc) is 2.73. The highest BCUT2D eigenvalue weighted by molar-refractivity contribution is 6.31. The molecule has 2 N–H and O–H groups in total. The maximum Gasteiger partial charge on any atom is 0.0863 e. The van der Waals surface area contributed by atoms with Crippen LogP contribution in [0.15, 0.2) is 0 Å². The number of hydrogen-bond acceptors (Lipinski definition) is 4. The van der Waals surface area contributed by atoms with Gasteiger partial charge in [-0.05, 0) is 20.3 Å². The molecule has 0 saturated heterocycles. The summed E-state index contributed by atoms with van der Waals surface area (Å²) in [5, 5.41) is 18.6. The topological polar surface area (TPSA) is 59.3 Å². The number of rotatable bonds is 9. The Morgan fingerprint density at radius 3 is 2.70 bits per heavy atom. The summed E-state index contributed by atoms with van der Waals surface area (Å²) in [6.07, 6.45) is 1.42. The number of aromatic nitrogens is 2. The molecule has 20 heavy (non-hydrogen) atoms. The Hall–Kier alpha value is -0.620. The highest BCUT2D eigenvalue weighted by atomic mass is 35.5. The molecule has 0 bridgehead atoms. The Bertz CT molecular complexity index is 419. The van der Waals surface area contributed by atoms with E-state index in [4.69, 9.17) is 16.3 Å². The second-order valence-corrected chi connectivity index (χ2v) is 5.60. The van der Waals surface area contributed by atoms with Gasteiger partial charge >= 0.3 is 0 Å². The molecule has 5 nitrogen and oxygen atoms in total. The van der Waals surface area contributed by atoms with Gasteiger partial charge in [0.2, 0.25) is 0 Å². The fourth-order valence-electron chi connectivity index (χ4n) is 2.05. The van der Waals surface area contributed by atoms with E-state index < -0.39 is 5.60 Å². The van der Waals surface area contributed by atoms with Gasteiger partial charge in [0.1, 0.15) is 0 Å². The Kier molecular flexibility index (Phi) is 6.95. The Morgan fingerprint density at radius 1 is 1.45 bits per heavy atom. The second kappa shape index (κ2) is 7.98. The third-order valence-electron chi connectivity index (χ3n) is 3.34. The molecule has 1 rings (SSSR count). The van der Waals surface area contributed by atoms with Crippen molar-refractivity contribution in [1.82, 2.24) is 15.1 Å². The van der Waals surface area contributed by atoms with Crippen LogP contribution in [-0.4, -0.2) is 40.7 Å². The van der Waals surface area contributed by atoms with Gasteiger partial charge in [-0.15, -0.1) is 0 Å². The minimum Gasteiger partial charge on any atom is -0.389 e. The predicted octanol–water partition coefficient (Wildman–Crippen LogP) is 2.00. The molecule has 0 aliphatic rings. The van der Waals surface area contributed by atoms with Crippen molar-refractivity contribution in [2.24, 2.45) is 0 Å². The molecule has 0 fully saturated rings. The van der Waals surface area contributed by atoms with Crippen LogP contribution in [0.2, 0.25) is 5.02 Å². The molecule has 1 unspecified atom stereocenters. The highest BCUT2D eigenvalue weighted by Gasteiger charge is 2.20. The molecule has 1 heterocycles. The first kappa shape index (κ1) is 17.4. The molecule has 0 radical (unpaired) electrons. The normalized spacial score (nSPS) is 14.5. The van der Waals surface area contributed by atoms with E-state index in [0.717, 1.165) is 29.4 Å². The first-order valence-corrected chi connectivity index (χ1v) is 7.49. The minimum absolute atomic E-state index is 0.489. The molecule has 1 aromatic heterocycles. The summed E-state index contributed by atoms with van der Waals surface area (Å²) in [5.74, 6) is 0. The summed E-state index contributed by atoms with van der Waals surface area (Å²) in [6.45, 7) is 8.31. The van der Waals surface area contributed by atoms with Crippen molar-refractivity contribution in [2.75, 3.05) is 20.3 Å². The molecule has 6 heteroatoms. The standard InChI is InChI=1S/C14H26ClN3O2/c1-5-11-13(15)12(18(6-2)17-11)9-16-10-14(3,19)7-8-20-4/h16,19H,5-10H2,1-4H3. The second-order valence-electron chi connectivity index (χ2n) is 5.22. The van der Waals surface area contributed by atoms with E-state index in [1.54, 1.807) is 14.0 Å². The molecular formula is C14H26ClN3O2. The summed E-state index contributed by atoms with van der Waals surface area (Å²) >= 11 is 6.34. The number of methoxy groups -OCH3 is 1. The van der Waals surface area contributed by atoms with Gasteiger partial charge in [-0.3, -0.25) is 4.68 Å². The Morgan fingerprint density at radius 2 is 2.15 bits per heavy atom. The molecule has 0 spiro atoms. The van der Waals surface area contributed by atoms with Crippen LogP contribution in [0.25, 0.3) is 0 Å². The van der Waals surface area contributed by atoms with Gasteiger partial charge in [0.05, 0.1) is 22.0 Å². The lowest BCUT2D eigenvalue weighted by Crippen LogP contribution is -2.38. The SMILES string of the molecule is CCc1nn(CC)c(CNCC(C)(O)CCOC)c1Cl. The van der Waals surface area contributed by atoms with Crippen LogP contribution < -0.4 is 5.32 Å². The Labute approximate surface area is 126 Å². The number of hydrogen-bond donors (Lipinski definition) is 2. The number of nitrogens with zero attached hydrogens (tertiary/aromatic N) is 2. The summed E-state index contributed by atoms with van der Waals surface area (Å²) in [6, 6.07) is 0. The molecule has 0 aliphatic heterocycles. The summed E-state index contributed by atoms with van der Waals surface area (Å²) in [7, 11) is 1.63. The van der Waals surface area contributed by atoms with Crippen molar-refractivity contribution in [2.45, 2.75) is 52.3 Å². The molecule has 116 valence electrons. The summed E-state index contributed by atoms with van der Waals surface area (Å²) in [5.41, 5.74) is 1.12. The van der Waals surface area contributed by atoms with E-state index in [0.29, 0.717) is 26.1 Å². The van der Waals surface area contributed by atoms with Gasteiger partial charge in [-0.25, -0.2) is 0 Å². The zero-order valence-electron chi connectivity index (χ0n) is 12.9. The molecule has 0 saturated carbocycles. The molecule has 0 aliphatic carbocycles. The largest absolute Gasteiger partial charge is 0.389 e. The van der Waals surface area contributed by atoms with Crippen molar-refractivity contribution in [1.29, 1.82) is 0 Å². The van der Waals surface area contributed by atoms with Gasteiger partial charge in [-0.2, -0.15) is 5.10 Å². The quantitative estimate of drug-likeness (QED) is 0.732. The van der Waals surface area contributed by atoms with Crippen LogP contribution in [0.4, 0.5) is 0 Å². The highest BCUT2D eigenvalue weighted by Crippen LogP contribution is 2.21. The third kappa shape index (κ3) is 4.74. The zero-order valence-corrected chi connectivity index (χ0v) is 13.6. The average molecular weight is 304 g/mol. The van der Waals surface area contributed by atoms with Gasteiger partial charge < -0.3 is 15.2 Å². The first-order chi connectivity index (χ1) is 9.45. The first-order valence-electron chi connectivity index (χ1n) is 7.11. The van der Waals surface area contributed by atoms with E-state index >= 15 is 0 Å². The van der Waals surface area contributed by atoms with Gasteiger partial charge in [0, 0.05) is 39.8 Å². The summed E-state index contributed by atoms with van der Waals surface area (Å²) in [4.78, 5) is 0. The van der Waals surface area contributed by atoms with E-state index in [1.165, 1.54) is 0 Å². The van der Waals surface area contributed by atoms with Crippen LogP contribution in [-0.2, 0) is 24.2 Å². The van der Waals surface area contributed by atoms with Crippen molar-refractivity contribution in [3.63, 3.8) is 0 Å². The van der Waals surface area contributed by atoms with Gasteiger partial charge in [-0.1, -0.05) is 18.5 Å². The zero-order chi connectivity index (χ0) is 15.2. The van der Waals surface area contributed by atoms with Crippen molar-refractivity contribution < 1.29 is 9.84 Å². The molecule has 1 aromatic rings. The van der Waals surface area contributed by atoms with Gasteiger partial charge in [0.25, 0.3) is 0 Å². The molecular weight excluding hydrogens is 278 g/mol. The van der Waals surface area contributed by atoms with Crippen LogP contribution in [0.5, 0.6) is 0 Å². The number of aliphatic hydroxyl groups is 1. The minimum atomic E-state index is -0.785. The van der Waals surface area contributed by atoms with Crippen LogP contribution in [0.3, 0.4) is 0 Å².